The molecule has 5 rings (SSSR count). The number of rotatable bonds is 8. The Bertz CT molecular complexity index is 1050. The van der Waals surface area contributed by atoms with Gasteiger partial charge in [-0.25, -0.2) is 4.79 Å². The first-order valence-electron chi connectivity index (χ1n) is 12.1. The molecule has 2 fully saturated rings. The lowest BCUT2D eigenvalue weighted by Crippen LogP contribution is -2.47. The van der Waals surface area contributed by atoms with Crippen molar-refractivity contribution in [3.05, 3.63) is 59.7 Å². The molecule has 0 spiro atoms. The molecule has 2 atom stereocenters. The Morgan fingerprint density at radius 2 is 1.59 bits per heavy atom. The van der Waals surface area contributed by atoms with Gasteiger partial charge in [0.25, 0.3) is 0 Å². The van der Waals surface area contributed by atoms with Gasteiger partial charge in [0.05, 0.1) is 5.92 Å². The van der Waals surface area contributed by atoms with Gasteiger partial charge in [-0.3, -0.25) is 9.59 Å². The molecule has 178 valence electrons. The minimum absolute atomic E-state index is 0.0243. The highest BCUT2D eigenvalue weighted by Gasteiger charge is 2.39. The van der Waals surface area contributed by atoms with Crippen molar-refractivity contribution in [3.63, 3.8) is 0 Å². The summed E-state index contributed by atoms with van der Waals surface area (Å²) in [4.78, 5) is 38.6. The molecule has 0 radical (unpaired) electrons. The number of hydrogen-bond acceptors (Lipinski definition) is 4. The second kappa shape index (κ2) is 9.49. The van der Waals surface area contributed by atoms with Crippen LogP contribution in [0.25, 0.3) is 11.1 Å². The maximum Gasteiger partial charge on any atom is 0.407 e. The Hall–Kier alpha value is -3.35. The number of ether oxygens (including phenoxy) is 1. The maximum atomic E-state index is 13.1. The largest absolute Gasteiger partial charge is 0.480 e. The van der Waals surface area contributed by atoms with E-state index in [4.69, 9.17) is 4.74 Å². The van der Waals surface area contributed by atoms with E-state index < -0.39 is 18.0 Å². The van der Waals surface area contributed by atoms with E-state index in [2.05, 4.69) is 29.6 Å². The van der Waals surface area contributed by atoms with E-state index in [0.717, 1.165) is 30.4 Å². The molecule has 7 nitrogen and oxygen atoms in total. The summed E-state index contributed by atoms with van der Waals surface area (Å²) in [7, 11) is 0. The number of carboxylic acids is 1. The lowest BCUT2D eigenvalue weighted by molar-refractivity contribution is -0.146. The number of nitrogens with zero attached hydrogens (tertiary/aromatic N) is 1. The number of nitrogens with one attached hydrogen (secondary N) is 1. The van der Waals surface area contributed by atoms with Gasteiger partial charge in [0.1, 0.15) is 13.2 Å². The van der Waals surface area contributed by atoms with Gasteiger partial charge >= 0.3 is 12.1 Å². The van der Waals surface area contributed by atoms with Crippen molar-refractivity contribution in [3.8, 4) is 11.1 Å². The second-order valence-electron chi connectivity index (χ2n) is 9.67. The number of carbonyl (C=O) groups is 3. The van der Waals surface area contributed by atoms with Crippen LogP contribution in [0, 0.1) is 11.8 Å². The summed E-state index contributed by atoms with van der Waals surface area (Å²) >= 11 is 0. The number of amides is 2. The number of hydrogen-bond donors (Lipinski definition) is 2. The average molecular weight is 463 g/mol. The molecular formula is C27H30N2O5. The van der Waals surface area contributed by atoms with Crippen molar-refractivity contribution >= 4 is 18.0 Å². The van der Waals surface area contributed by atoms with E-state index in [1.165, 1.54) is 16.0 Å². The van der Waals surface area contributed by atoms with Gasteiger partial charge in [-0.2, -0.15) is 0 Å². The molecule has 0 bridgehead atoms. The number of aliphatic carboxylic acids is 1. The van der Waals surface area contributed by atoms with Gasteiger partial charge in [0.2, 0.25) is 5.91 Å². The van der Waals surface area contributed by atoms with E-state index in [1.54, 1.807) is 0 Å². The number of alkyl carbamates (subject to hydrolysis) is 1. The van der Waals surface area contributed by atoms with Crippen LogP contribution in [-0.2, 0) is 14.3 Å². The smallest absolute Gasteiger partial charge is 0.407 e. The maximum absolute atomic E-state index is 13.1. The van der Waals surface area contributed by atoms with Crippen LogP contribution in [0.2, 0.25) is 0 Å². The highest BCUT2D eigenvalue weighted by Crippen LogP contribution is 2.44. The predicted molar refractivity (Wildman–Crippen MR) is 126 cm³/mol. The Morgan fingerprint density at radius 1 is 0.941 bits per heavy atom. The predicted octanol–water partition coefficient (Wildman–Crippen LogP) is 4.02. The Balaban J connectivity index is 1.21. The molecule has 2 aromatic rings. The SMILES string of the molecule is O=C(O)CN(CC1CC1)C(=O)C1CCCC1NC(=O)OCC1c2ccccc2-c2ccccc21. The molecule has 3 aliphatic rings. The highest BCUT2D eigenvalue weighted by atomic mass is 16.5. The molecule has 3 aliphatic carbocycles. The highest BCUT2D eigenvalue weighted by molar-refractivity contribution is 5.84. The molecule has 2 N–H and O–H groups in total. The number of benzene rings is 2. The van der Waals surface area contributed by atoms with Gasteiger partial charge in [0, 0.05) is 18.5 Å². The first kappa shape index (κ1) is 22.4. The quantitative estimate of drug-likeness (QED) is 0.618. The summed E-state index contributed by atoms with van der Waals surface area (Å²) in [5, 5.41) is 12.2. The zero-order valence-electron chi connectivity index (χ0n) is 19.1. The van der Waals surface area contributed by atoms with Gasteiger partial charge in [-0.1, -0.05) is 55.0 Å². The van der Waals surface area contributed by atoms with Gasteiger partial charge < -0.3 is 20.1 Å². The van der Waals surface area contributed by atoms with Crippen molar-refractivity contribution in [1.29, 1.82) is 0 Å². The summed E-state index contributed by atoms with van der Waals surface area (Å²) in [6.07, 6.45) is 3.69. The van der Waals surface area contributed by atoms with E-state index in [1.807, 2.05) is 24.3 Å². The third-order valence-electron chi connectivity index (χ3n) is 7.29. The summed E-state index contributed by atoms with van der Waals surface area (Å²) in [6, 6.07) is 16.0. The normalized spacial score (nSPS) is 20.9. The summed E-state index contributed by atoms with van der Waals surface area (Å²) in [5.74, 6) is -1.20. The number of carbonyl (C=O) groups excluding carboxylic acids is 2. The molecule has 0 saturated heterocycles. The molecule has 2 unspecified atom stereocenters. The third-order valence-corrected chi connectivity index (χ3v) is 7.29. The Morgan fingerprint density at radius 3 is 2.21 bits per heavy atom. The van der Waals surface area contributed by atoms with Crippen LogP contribution in [0.15, 0.2) is 48.5 Å². The zero-order valence-corrected chi connectivity index (χ0v) is 19.1. The lowest BCUT2D eigenvalue weighted by atomic mass is 9.98. The number of fused-ring (bicyclic) bond motifs is 3. The van der Waals surface area contributed by atoms with Crippen molar-refractivity contribution in [2.24, 2.45) is 11.8 Å². The van der Waals surface area contributed by atoms with Crippen LogP contribution in [0.3, 0.4) is 0 Å². The molecule has 34 heavy (non-hydrogen) atoms. The van der Waals surface area contributed by atoms with Crippen LogP contribution in [0.5, 0.6) is 0 Å². The zero-order chi connectivity index (χ0) is 23.7. The topological polar surface area (TPSA) is 95.9 Å². The Kier molecular flexibility index (Phi) is 6.26. The van der Waals surface area contributed by atoms with E-state index in [-0.39, 0.29) is 31.0 Å². The fourth-order valence-corrected chi connectivity index (χ4v) is 5.46. The first-order valence-corrected chi connectivity index (χ1v) is 12.1. The fourth-order valence-electron chi connectivity index (χ4n) is 5.46. The van der Waals surface area contributed by atoms with Crippen LogP contribution in [-0.4, -0.2) is 53.7 Å². The lowest BCUT2D eigenvalue weighted by Gasteiger charge is -2.27. The molecule has 2 saturated carbocycles. The minimum Gasteiger partial charge on any atom is -0.480 e. The third kappa shape index (κ3) is 4.65. The van der Waals surface area contributed by atoms with Gasteiger partial charge in [-0.15, -0.1) is 0 Å². The van der Waals surface area contributed by atoms with E-state index in [0.29, 0.717) is 25.3 Å². The molecular weight excluding hydrogens is 432 g/mol. The standard InChI is InChI=1S/C27H30N2O5/c30-25(31)15-29(14-17-12-13-17)26(32)22-10-5-11-24(22)28-27(33)34-16-23-20-8-3-1-6-18(20)19-7-2-4-9-21(19)23/h1-4,6-9,17,22-24H,5,10-16H2,(H,28,33)(H,30,31). The molecule has 2 aromatic carbocycles. The van der Waals surface area contributed by atoms with Crippen LogP contribution in [0.4, 0.5) is 4.79 Å². The average Bonchev–Trinajstić information content (AvgIpc) is 3.43. The van der Waals surface area contributed by atoms with Crippen molar-refractivity contribution in [1.82, 2.24) is 10.2 Å². The van der Waals surface area contributed by atoms with Crippen molar-refractivity contribution in [2.45, 2.75) is 44.1 Å². The summed E-state index contributed by atoms with van der Waals surface area (Å²) in [5.41, 5.74) is 4.63. The van der Waals surface area contributed by atoms with Crippen LogP contribution >= 0.6 is 0 Å². The van der Waals surface area contributed by atoms with E-state index >= 15 is 0 Å². The first-order chi connectivity index (χ1) is 16.5. The fraction of sp³-hybridized carbons (Fsp3) is 0.444. The van der Waals surface area contributed by atoms with Crippen LogP contribution in [0.1, 0.15) is 49.1 Å². The van der Waals surface area contributed by atoms with Gasteiger partial charge in [0.15, 0.2) is 0 Å². The van der Waals surface area contributed by atoms with Crippen molar-refractivity contribution in [2.75, 3.05) is 19.7 Å². The molecule has 0 heterocycles. The Labute approximate surface area is 199 Å². The second-order valence-corrected chi connectivity index (χ2v) is 9.67. The molecule has 0 aliphatic heterocycles. The number of carboxylic acid groups (broad SMARTS) is 1. The monoisotopic (exact) mass is 462 g/mol. The minimum atomic E-state index is -1.01. The van der Waals surface area contributed by atoms with E-state index in [9.17, 15) is 19.5 Å². The molecule has 7 heteroatoms. The van der Waals surface area contributed by atoms with Crippen molar-refractivity contribution < 1.29 is 24.2 Å². The summed E-state index contributed by atoms with van der Waals surface area (Å²) < 4.78 is 5.66. The van der Waals surface area contributed by atoms with Crippen LogP contribution < -0.4 is 5.32 Å². The van der Waals surface area contributed by atoms with Gasteiger partial charge in [-0.05, 0) is 53.9 Å². The molecule has 2 amide bonds. The summed E-state index contributed by atoms with van der Waals surface area (Å²) in [6.45, 7) is 0.417. The molecule has 0 aromatic heterocycles.